The fraction of sp³-hybridized carbons (Fsp3) is 0.286. The molecule has 0 saturated carbocycles. The lowest BCUT2D eigenvalue weighted by molar-refractivity contribution is -0.153. The molecule has 2 aromatic carbocycles. The highest BCUT2D eigenvalue weighted by molar-refractivity contribution is 7.18. The third-order valence-corrected chi connectivity index (χ3v) is 5.24. The number of carbonyl (C=O) groups excluding carboxylic acids is 2. The number of thiazole rings is 1. The monoisotopic (exact) mass is 434 g/mol. The van der Waals surface area contributed by atoms with Crippen molar-refractivity contribution in [2.45, 2.75) is 38.9 Å². The molecule has 0 radical (unpaired) electrons. The number of benzene rings is 2. The van der Waals surface area contributed by atoms with Crippen LogP contribution in [0.4, 0.5) is 14.5 Å². The molecule has 0 bridgehead atoms. The number of rotatable bonds is 9. The van der Waals surface area contributed by atoms with E-state index in [1.807, 2.05) is 24.3 Å². The minimum Gasteiger partial charge on any atom is -0.453 e. The Bertz CT molecular complexity index is 992. The Balaban J connectivity index is 1.46. The van der Waals surface area contributed by atoms with Crippen LogP contribution < -0.4 is 10.1 Å². The van der Waals surface area contributed by atoms with Crippen molar-refractivity contribution in [2.24, 2.45) is 0 Å². The molecule has 1 amide bonds. The van der Waals surface area contributed by atoms with E-state index in [-0.39, 0.29) is 17.9 Å². The molecule has 158 valence electrons. The second-order valence-corrected chi connectivity index (χ2v) is 7.54. The van der Waals surface area contributed by atoms with E-state index in [1.54, 1.807) is 17.4 Å². The predicted octanol–water partition coefficient (Wildman–Crippen LogP) is 4.79. The quantitative estimate of drug-likeness (QED) is 0.490. The van der Waals surface area contributed by atoms with Gasteiger partial charge in [0.1, 0.15) is 5.75 Å². The lowest BCUT2D eigenvalue weighted by Gasteiger charge is -2.15. The standard InChI is InChI=1S/C21H20F2N2O4S/c1-13(20(27)25-14-7-2-4-9-16(14)29-21(22)23)28-19(26)12-6-11-18-24-15-8-3-5-10-17(15)30-18/h2-5,7-10,13,21H,6,11-12H2,1H3,(H,25,27). The zero-order valence-electron chi connectivity index (χ0n) is 16.1. The number of hydrogen-bond donors (Lipinski definition) is 1. The van der Waals surface area contributed by atoms with E-state index in [4.69, 9.17) is 4.74 Å². The third kappa shape index (κ3) is 5.96. The number of esters is 1. The maximum absolute atomic E-state index is 12.5. The number of amides is 1. The number of para-hydroxylation sites is 3. The van der Waals surface area contributed by atoms with Gasteiger partial charge >= 0.3 is 12.6 Å². The molecule has 30 heavy (non-hydrogen) atoms. The van der Waals surface area contributed by atoms with Crippen LogP contribution >= 0.6 is 11.3 Å². The first-order valence-corrected chi connectivity index (χ1v) is 10.1. The number of alkyl halides is 2. The molecule has 6 nitrogen and oxygen atoms in total. The number of hydrogen-bond acceptors (Lipinski definition) is 6. The number of anilines is 1. The highest BCUT2D eigenvalue weighted by Gasteiger charge is 2.20. The smallest absolute Gasteiger partial charge is 0.387 e. The molecule has 1 atom stereocenters. The average Bonchev–Trinajstić information content (AvgIpc) is 3.11. The van der Waals surface area contributed by atoms with Gasteiger partial charge in [-0.3, -0.25) is 9.59 Å². The van der Waals surface area contributed by atoms with Crippen LogP contribution in [0, 0.1) is 0 Å². The Kier molecular flexibility index (Phi) is 7.29. The van der Waals surface area contributed by atoms with Gasteiger partial charge in [0.15, 0.2) is 6.10 Å². The molecule has 1 N–H and O–H groups in total. The zero-order chi connectivity index (χ0) is 21.5. The van der Waals surface area contributed by atoms with Gasteiger partial charge in [0.2, 0.25) is 0 Å². The molecule has 9 heteroatoms. The molecule has 3 rings (SSSR count). The molecule has 1 aromatic heterocycles. The molecule has 0 fully saturated rings. The summed E-state index contributed by atoms with van der Waals surface area (Å²) in [5.74, 6) is -1.33. The largest absolute Gasteiger partial charge is 0.453 e. The number of fused-ring (bicyclic) bond motifs is 1. The fourth-order valence-electron chi connectivity index (χ4n) is 2.72. The first-order chi connectivity index (χ1) is 14.4. The van der Waals surface area contributed by atoms with E-state index in [1.165, 1.54) is 25.1 Å². The molecule has 0 aliphatic heterocycles. The van der Waals surface area contributed by atoms with Crippen molar-refractivity contribution in [3.8, 4) is 5.75 Å². The predicted molar refractivity (Wildman–Crippen MR) is 110 cm³/mol. The van der Waals surface area contributed by atoms with Crippen LogP contribution in [0.25, 0.3) is 10.2 Å². The maximum atomic E-state index is 12.5. The van der Waals surface area contributed by atoms with E-state index in [0.717, 1.165) is 15.2 Å². The summed E-state index contributed by atoms with van der Waals surface area (Å²) in [5, 5.41) is 3.37. The van der Waals surface area contributed by atoms with E-state index >= 15 is 0 Å². The van der Waals surface area contributed by atoms with Gasteiger partial charge in [-0.05, 0) is 44.0 Å². The first-order valence-electron chi connectivity index (χ1n) is 9.31. The van der Waals surface area contributed by atoms with Crippen LogP contribution in [0.2, 0.25) is 0 Å². The Morgan fingerprint density at radius 3 is 2.63 bits per heavy atom. The number of ether oxygens (including phenoxy) is 2. The Labute approximate surface area is 175 Å². The van der Waals surface area contributed by atoms with Crippen molar-refractivity contribution >= 4 is 39.1 Å². The van der Waals surface area contributed by atoms with Crippen molar-refractivity contribution in [1.82, 2.24) is 4.98 Å². The lowest BCUT2D eigenvalue weighted by atomic mass is 10.2. The summed E-state index contributed by atoms with van der Waals surface area (Å²) < 4.78 is 35.5. The highest BCUT2D eigenvalue weighted by atomic mass is 32.1. The van der Waals surface area contributed by atoms with Crippen molar-refractivity contribution in [3.63, 3.8) is 0 Å². The molecule has 1 unspecified atom stereocenters. The summed E-state index contributed by atoms with van der Waals surface area (Å²) >= 11 is 1.58. The molecule has 3 aromatic rings. The van der Waals surface area contributed by atoms with Gasteiger partial charge in [0, 0.05) is 6.42 Å². The summed E-state index contributed by atoms with van der Waals surface area (Å²) in [6, 6.07) is 13.6. The first kappa shape index (κ1) is 21.6. The average molecular weight is 434 g/mol. The highest BCUT2D eigenvalue weighted by Crippen LogP contribution is 2.26. The molecular formula is C21H20F2N2O4S. The van der Waals surface area contributed by atoms with Gasteiger partial charge < -0.3 is 14.8 Å². The number of carbonyl (C=O) groups is 2. The number of nitrogens with one attached hydrogen (secondary N) is 1. The van der Waals surface area contributed by atoms with Crippen molar-refractivity contribution < 1.29 is 27.8 Å². The Hall–Kier alpha value is -3.07. The van der Waals surface area contributed by atoms with E-state index in [0.29, 0.717) is 12.8 Å². The minimum absolute atomic E-state index is 0.0709. The Morgan fingerprint density at radius 2 is 1.87 bits per heavy atom. The van der Waals surface area contributed by atoms with Gasteiger partial charge in [0.05, 0.1) is 20.9 Å². The number of nitrogens with zero attached hydrogens (tertiary/aromatic N) is 1. The summed E-state index contributed by atoms with van der Waals surface area (Å²) in [4.78, 5) is 28.8. The van der Waals surface area contributed by atoms with Gasteiger partial charge in [0.25, 0.3) is 5.91 Å². The van der Waals surface area contributed by atoms with Crippen molar-refractivity contribution in [2.75, 3.05) is 5.32 Å². The lowest BCUT2D eigenvalue weighted by Crippen LogP contribution is -2.30. The van der Waals surface area contributed by atoms with Crippen LogP contribution in [0.1, 0.15) is 24.8 Å². The topological polar surface area (TPSA) is 77.5 Å². The zero-order valence-corrected chi connectivity index (χ0v) is 17.0. The summed E-state index contributed by atoms with van der Waals surface area (Å²) in [7, 11) is 0. The van der Waals surface area contributed by atoms with Gasteiger partial charge in [-0.1, -0.05) is 24.3 Å². The van der Waals surface area contributed by atoms with Crippen LogP contribution in [0.3, 0.4) is 0 Å². The number of aromatic nitrogens is 1. The molecule has 0 spiro atoms. The molecular weight excluding hydrogens is 414 g/mol. The van der Waals surface area contributed by atoms with E-state index < -0.39 is 24.6 Å². The van der Waals surface area contributed by atoms with Crippen molar-refractivity contribution in [1.29, 1.82) is 0 Å². The maximum Gasteiger partial charge on any atom is 0.387 e. The number of halogens is 2. The summed E-state index contributed by atoms with van der Waals surface area (Å²) in [6.07, 6.45) is 0.226. The van der Waals surface area contributed by atoms with Crippen molar-refractivity contribution in [3.05, 3.63) is 53.5 Å². The molecule has 0 saturated heterocycles. The van der Waals surface area contributed by atoms with E-state index in [9.17, 15) is 18.4 Å². The third-order valence-electron chi connectivity index (χ3n) is 4.15. The molecule has 0 aliphatic rings. The van der Waals surface area contributed by atoms with E-state index in [2.05, 4.69) is 15.0 Å². The van der Waals surface area contributed by atoms with Crippen LogP contribution in [-0.4, -0.2) is 29.6 Å². The van der Waals surface area contributed by atoms with Crippen LogP contribution in [-0.2, 0) is 20.7 Å². The minimum atomic E-state index is -3.02. The van der Waals surface area contributed by atoms with Gasteiger partial charge in [-0.25, -0.2) is 4.98 Å². The fourth-order valence-corrected chi connectivity index (χ4v) is 3.73. The van der Waals surface area contributed by atoms with Gasteiger partial charge in [-0.15, -0.1) is 11.3 Å². The second-order valence-electron chi connectivity index (χ2n) is 6.42. The molecule has 1 heterocycles. The number of aryl methyl sites for hydroxylation is 1. The summed E-state index contributed by atoms with van der Waals surface area (Å²) in [6.45, 7) is -1.61. The van der Waals surface area contributed by atoms with Crippen LogP contribution in [0.5, 0.6) is 5.75 Å². The SMILES string of the molecule is CC(OC(=O)CCCc1nc2ccccc2s1)C(=O)Nc1ccccc1OC(F)F. The Morgan fingerprint density at radius 1 is 1.13 bits per heavy atom. The normalized spacial score (nSPS) is 12.0. The van der Waals surface area contributed by atoms with Crippen LogP contribution in [0.15, 0.2) is 48.5 Å². The summed E-state index contributed by atoms with van der Waals surface area (Å²) in [5.41, 5.74) is 1.00. The molecule has 0 aliphatic carbocycles. The van der Waals surface area contributed by atoms with Gasteiger partial charge in [-0.2, -0.15) is 8.78 Å². The second kappa shape index (κ2) is 10.1.